The Balaban J connectivity index is 1.97. The summed E-state index contributed by atoms with van der Waals surface area (Å²) in [5.41, 5.74) is 1.43. The first-order valence-electron chi connectivity index (χ1n) is 8.24. The number of rotatable bonds is 2. The molecule has 0 unspecified atom stereocenters. The minimum absolute atomic E-state index is 0.0597. The predicted molar refractivity (Wildman–Crippen MR) is 107 cm³/mol. The summed E-state index contributed by atoms with van der Waals surface area (Å²) in [5.74, 6) is 0. The molecule has 0 radical (unpaired) electrons. The molecule has 5 aromatic carbocycles. The van der Waals surface area contributed by atoms with E-state index in [1.807, 2.05) is 24.3 Å². The Labute approximate surface area is 153 Å². The van der Waals surface area contributed by atoms with Crippen molar-refractivity contribution in [1.82, 2.24) is 0 Å². The fourth-order valence-electron chi connectivity index (χ4n) is 3.85. The van der Waals surface area contributed by atoms with Crippen LogP contribution in [0.3, 0.4) is 0 Å². The largest absolute Gasteiger partial charge is 0.277 e. The Hall–Kier alpha value is -3.17. The Morgan fingerprint density at radius 3 is 2.12 bits per heavy atom. The maximum atomic E-state index is 11.5. The molecular formula is C22H12ClNO2. The van der Waals surface area contributed by atoms with E-state index in [4.69, 9.17) is 11.6 Å². The van der Waals surface area contributed by atoms with E-state index in [1.165, 1.54) is 22.2 Å². The van der Waals surface area contributed by atoms with Gasteiger partial charge in [-0.2, -0.15) is 0 Å². The molecule has 0 amide bonds. The van der Waals surface area contributed by atoms with Crippen LogP contribution < -0.4 is 0 Å². The topological polar surface area (TPSA) is 43.1 Å². The molecule has 0 N–H and O–H groups in total. The van der Waals surface area contributed by atoms with Gasteiger partial charge in [0, 0.05) is 11.1 Å². The van der Waals surface area contributed by atoms with Gasteiger partial charge in [-0.1, -0.05) is 66.2 Å². The van der Waals surface area contributed by atoms with Crippen molar-refractivity contribution in [3.63, 3.8) is 0 Å². The lowest BCUT2D eigenvalue weighted by Crippen LogP contribution is -1.93. The first-order chi connectivity index (χ1) is 12.6. The summed E-state index contributed by atoms with van der Waals surface area (Å²) >= 11 is 6.15. The standard InChI is InChI=1S/C22H12ClNO2/c23-16-8-11-20(24(25)26)19(12-16)17-9-6-15-5-4-13-2-1-3-14-7-10-18(17)22(15)21(13)14/h1-12H. The van der Waals surface area contributed by atoms with Crippen LogP contribution in [0.4, 0.5) is 5.69 Å². The molecular weight excluding hydrogens is 346 g/mol. The van der Waals surface area contributed by atoms with Crippen LogP contribution in [0, 0.1) is 10.1 Å². The van der Waals surface area contributed by atoms with E-state index < -0.39 is 0 Å². The third kappa shape index (κ3) is 2.07. The highest BCUT2D eigenvalue weighted by atomic mass is 35.5. The number of nitro benzene ring substituents is 1. The molecule has 0 aliphatic heterocycles. The highest BCUT2D eigenvalue weighted by molar-refractivity contribution is 6.31. The van der Waals surface area contributed by atoms with E-state index in [1.54, 1.807) is 12.1 Å². The van der Waals surface area contributed by atoms with Gasteiger partial charge < -0.3 is 0 Å². The third-order valence-corrected chi connectivity index (χ3v) is 5.21. The fraction of sp³-hybridized carbons (Fsp3) is 0. The Morgan fingerprint density at radius 2 is 1.38 bits per heavy atom. The monoisotopic (exact) mass is 357 g/mol. The molecule has 0 saturated heterocycles. The quantitative estimate of drug-likeness (QED) is 0.198. The lowest BCUT2D eigenvalue weighted by Gasteiger charge is -2.14. The number of hydrogen-bond donors (Lipinski definition) is 0. The normalized spacial score (nSPS) is 11.6. The highest BCUT2D eigenvalue weighted by Crippen LogP contribution is 2.42. The van der Waals surface area contributed by atoms with Gasteiger partial charge in [-0.3, -0.25) is 10.1 Å². The molecule has 26 heavy (non-hydrogen) atoms. The van der Waals surface area contributed by atoms with Crippen molar-refractivity contribution < 1.29 is 4.92 Å². The minimum atomic E-state index is -0.357. The van der Waals surface area contributed by atoms with Crippen LogP contribution >= 0.6 is 11.6 Å². The predicted octanol–water partition coefficient (Wildman–Crippen LogP) is 6.81. The molecule has 3 nitrogen and oxygen atoms in total. The second-order valence-electron chi connectivity index (χ2n) is 6.39. The van der Waals surface area contributed by atoms with Crippen molar-refractivity contribution in [2.75, 3.05) is 0 Å². The highest BCUT2D eigenvalue weighted by Gasteiger charge is 2.19. The molecule has 0 aliphatic carbocycles. The molecule has 5 aromatic rings. The molecule has 0 aliphatic rings. The third-order valence-electron chi connectivity index (χ3n) is 4.97. The zero-order chi connectivity index (χ0) is 17.8. The molecule has 0 saturated carbocycles. The number of nitro groups is 1. The molecule has 0 heterocycles. The van der Waals surface area contributed by atoms with Gasteiger partial charge in [-0.25, -0.2) is 0 Å². The Bertz CT molecular complexity index is 1310. The van der Waals surface area contributed by atoms with E-state index in [2.05, 4.69) is 30.3 Å². The maximum Gasteiger partial charge on any atom is 0.277 e. The summed E-state index contributed by atoms with van der Waals surface area (Å²) in [5, 5.41) is 18.8. The van der Waals surface area contributed by atoms with Crippen molar-refractivity contribution in [3.8, 4) is 11.1 Å². The van der Waals surface area contributed by atoms with Crippen LogP contribution in [0.25, 0.3) is 43.4 Å². The van der Waals surface area contributed by atoms with Gasteiger partial charge in [0.1, 0.15) is 0 Å². The van der Waals surface area contributed by atoms with Gasteiger partial charge in [-0.15, -0.1) is 0 Å². The van der Waals surface area contributed by atoms with Crippen LogP contribution in [0.2, 0.25) is 5.02 Å². The fourth-order valence-corrected chi connectivity index (χ4v) is 4.03. The number of benzene rings is 5. The second kappa shape index (κ2) is 5.41. The molecule has 5 rings (SSSR count). The van der Waals surface area contributed by atoms with E-state index >= 15 is 0 Å². The number of hydrogen-bond acceptors (Lipinski definition) is 2. The lowest BCUT2D eigenvalue weighted by molar-refractivity contribution is -0.384. The summed E-state index contributed by atoms with van der Waals surface area (Å²) in [7, 11) is 0. The van der Waals surface area contributed by atoms with Gasteiger partial charge in [-0.05, 0) is 50.0 Å². The van der Waals surface area contributed by atoms with Gasteiger partial charge in [0.05, 0.1) is 10.5 Å². The van der Waals surface area contributed by atoms with Gasteiger partial charge in [0.2, 0.25) is 0 Å². The summed E-state index contributed by atoms with van der Waals surface area (Å²) in [4.78, 5) is 11.2. The van der Waals surface area contributed by atoms with Crippen molar-refractivity contribution in [3.05, 3.63) is 87.9 Å². The van der Waals surface area contributed by atoms with Gasteiger partial charge in [0.15, 0.2) is 0 Å². The molecule has 4 heteroatoms. The van der Waals surface area contributed by atoms with E-state index in [0.29, 0.717) is 10.6 Å². The van der Waals surface area contributed by atoms with Crippen LogP contribution in [0.15, 0.2) is 72.8 Å². The number of halogens is 1. The second-order valence-corrected chi connectivity index (χ2v) is 6.82. The first kappa shape index (κ1) is 15.1. The van der Waals surface area contributed by atoms with Crippen LogP contribution in [-0.2, 0) is 0 Å². The average Bonchev–Trinajstić information content (AvgIpc) is 2.65. The molecule has 0 fully saturated rings. The molecule has 0 atom stereocenters. The summed E-state index contributed by atoms with van der Waals surface area (Å²) < 4.78 is 0. The molecule has 0 spiro atoms. The first-order valence-corrected chi connectivity index (χ1v) is 8.62. The average molecular weight is 358 g/mol. The van der Waals surface area contributed by atoms with Crippen molar-refractivity contribution >= 4 is 49.6 Å². The van der Waals surface area contributed by atoms with Gasteiger partial charge >= 0.3 is 0 Å². The maximum absolute atomic E-state index is 11.5. The smallest absolute Gasteiger partial charge is 0.258 e. The van der Waals surface area contributed by atoms with E-state index in [0.717, 1.165) is 21.7 Å². The molecule has 124 valence electrons. The zero-order valence-corrected chi connectivity index (χ0v) is 14.3. The zero-order valence-electron chi connectivity index (χ0n) is 13.6. The van der Waals surface area contributed by atoms with Crippen molar-refractivity contribution in [2.24, 2.45) is 0 Å². The summed E-state index contributed by atoms with van der Waals surface area (Å²) in [6.45, 7) is 0. The molecule has 0 bridgehead atoms. The number of nitrogens with zero attached hydrogens (tertiary/aromatic N) is 1. The summed E-state index contributed by atoms with van der Waals surface area (Å²) in [6, 6.07) is 23.2. The van der Waals surface area contributed by atoms with E-state index in [-0.39, 0.29) is 10.6 Å². The molecule has 0 aromatic heterocycles. The van der Waals surface area contributed by atoms with Crippen LogP contribution in [-0.4, -0.2) is 4.92 Å². The SMILES string of the molecule is O=[N+]([O-])c1ccc(Cl)cc1-c1ccc2ccc3cccc4ccc1c2c34. The summed E-state index contributed by atoms with van der Waals surface area (Å²) in [6.07, 6.45) is 0. The Kier molecular flexibility index (Phi) is 3.15. The van der Waals surface area contributed by atoms with Crippen molar-refractivity contribution in [2.45, 2.75) is 0 Å². The van der Waals surface area contributed by atoms with Crippen molar-refractivity contribution in [1.29, 1.82) is 0 Å². The minimum Gasteiger partial charge on any atom is -0.258 e. The van der Waals surface area contributed by atoms with Crippen LogP contribution in [0.5, 0.6) is 0 Å². The van der Waals surface area contributed by atoms with E-state index in [9.17, 15) is 10.1 Å². The van der Waals surface area contributed by atoms with Crippen LogP contribution in [0.1, 0.15) is 0 Å². The Morgan fingerprint density at radius 1 is 0.731 bits per heavy atom. The van der Waals surface area contributed by atoms with Gasteiger partial charge in [0.25, 0.3) is 5.69 Å². The lowest BCUT2D eigenvalue weighted by atomic mass is 9.89.